The van der Waals surface area contributed by atoms with Gasteiger partial charge in [0.1, 0.15) is 24.2 Å². The third-order valence-corrected chi connectivity index (χ3v) is 6.13. The van der Waals surface area contributed by atoms with E-state index in [1.807, 2.05) is 4.90 Å². The van der Waals surface area contributed by atoms with Gasteiger partial charge in [-0.2, -0.15) is 0 Å². The second-order valence-corrected chi connectivity index (χ2v) is 8.35. The second kappa shape index (κ2) is 11.3. The predicted molar refractivity (Wildman–Crippen MR) is 119 cm³/mol. The highest BCUT2D eigenvalue weighted by molar-refractivity contribution is 6.01. The monoisotopic (exact) mass is 449 g/mol. The van der Waals surface area contributed by atoms with Gasteiger partial charge in [0.25, 0.3) is 0 Å². The van der Waals surface area contributed by atoms with Crippen LogP contribution < -0.4 is 21.3 Å². The van der Waals surface area contributed by atoms with Crippen LogP contribution in [0.25, 0.3) is 0 Å². The number of rotatable bonds is 10. The Morgan fingerprint density at radius 1 is 1.28 bits per heavy atom. The normalized spacial score (nSPS) is 20.9. The molecule has 9 nitrogen and oxygen atoms in total. The van der Waals surface area contributed by atoms with E-state index in [1.165, 1.54) is 6.07 Å². The van der Waals surface area contributed by atoms with Gasteiger partial charge in [0, 0.05) is 50.9 Å². The van der Waals surface area contributed by atoms with E-state index < -0.39 is 18.1 Å². The summed E-state index contributed by atoms with van der Waals surface area (Å²) in [5, 5.41) is 14.8. The van der Waals surface area contributed by atoms with Crippen LogP contribution in [0.4, 0.5) is 15.8 Å². The molecule has 0 bridgehead atoms. The number of anilines is 2. The van der Waals surface area contributed by atoms with Gasteiger partial charge in [-0.15, -0.1) is 0 Å². The summed E-state index contributed by atoms with van der Waals surface area (Å²) in [5.41, 5.74) is 6.74. The first-order valence-corrected chi connectivity index (χ1v) is 11.1. The molecule has 2 aliphatic heterocycles. The summed E-state index contributed by atoms with van der Waals surface area (Å²) in [6.07, 6.45) is 2.25. The molecule has 0 radical (unpaired) electrons. The van der Waals surface area contributed by atoms with Crippen molar-refractivity contribution in [3.8, 4) is 0 Å². The van der Waals surface area contributed by atoms with Crippen LogP contribution >= 0.6 is 0 Å². The number of carbonyl (C=O) groups is 3. The number of amides is 2. The van der Waals surface area contributed by atoms with Crippen LogP contribution in [0.1, 0.15) is 32.1 Å². The van der Waals surface area contributed by atoms with Gasteiger partial charge in [-0.25, -0.2) is 4.39 Å². The minimum atomic E-state index is -0.961. The molecule has 0 spiro atoms. The summed E-state index contributed by atoms with van der Waals surface area (Å²) < 4.78 is 14.8. The van der Waals surface area contributed by atoms with E-state index in [2.05, 4.69) is 15.5 Å². The minimum Gasteiger partial charge on any atom is -0.386 e. The zero-order valence-electron chi connectivity index (χ0n) is 18.1. The minimum absolute atomic E-state index is 0.258. The Morgan fingerprint density at radius 3 is 2.66 bits per heavy atom. The SMILES string of the molecule is NCCN(CCC(O)C=O)C1CCN(c2ccc(NC3CCC(=O)NC3=O)cc2F)CC1. The second-order valence-electron chi connectivity index (χ2n) is 8.35. The smallest absolute Gasteiger partial charge is 0.249 e. The van der Waals surface area contributed by atoms with Crippen molar-refractivity contribution >= 4 is 29.5 Å². The standard InChI is InChI=1S/C22H32FN5O4/c23-18-13-15(25-19-2-4-21(31)26-22(19)32)1-3-20(18)28-9-5-16(6-10-28)27(12-8-24)11-7-17(30)14-29/h1,3,13-14,16-17,19,25,30H,2,4-12,24H2,(H,26,31,32). The van der Waals surface area contributed by atoms with Gasteiger partial charge >= 0.3 is 0 Å². The van der Waals surface area contributed by atoms with E-state index >= 15 is 0 Å². The van der Waals surface area contributed by atoms with Gasteiger partial charge in [0.05, 0.1) is 5.69 Å². The van der Waals surface area contributed by atoms with Gasteiger partial charge in [-0.1, -0.05) is 0 Å². The Kier molecular flexibility index (Phi) is 8.54. The Hall–Kier alpha value is -2.56. The number of piperidine rings is 2. The first kappa shape index (κ1) is 24.1. The first-order valence-electron chi connectivity index (χ1n) is 11.1. The Bertz CT molecular complexity index is 816. The first-order chi connectivity index (χ1) is 15.4. The number of aldehydes is 1. The van der Waals surface area contributed by atoms with Crippen LogP contribution in [-0.4, -0.2) is 79.0 Å². The van der Waals surface area contributed by atoms with E-state index in [9.17, 15) is 23.9 Å². The maximum absolute atomic E-state index is 14.8. The van der Waals surface area contributed by atoms with Gasteiger partial charge in [-0.3, -0.25) is 19.8 Å². The highest BCUT2D eigenvalue weighted by Gasteiger charge is 2.28. The average Bonchev–Trinajstić information content (AvgIpc) is 2.78. The maximum atomic E-state index is 14.8. The van der Waals surface area contributed by atoms with Gasteiger partial charge < -0.3 is 25.9 Å². The summed E-state index contributed by atoms with van der Waals surface area (Å²) in [6, 6.07) is 4.55. The van der Waals surface area contributed by atoms with Crippen molar-refractivity contribution in [1.82, 2.24) is 10.2 Å². The van der Waals surface area contributed by atoms with E-state index in [-0.39, 0.29) is 24.2 Å². The number of imide groups is 1. The molecule has 2 aliphatic rings. The Balaban J connectivity index is 1.56. The van der Waals surface area contributed by atoms with Crippen molar-refractivity contribution in [1.29, 1.82) is 0 Å². The molecule has 2 atom stereocenters. The predicted octanol–water partition coefficient (Wildman–Crippen LogP) is 0.222. The lowest BCUT2D eigenvalue weighted by Gasteiger charge is -2.39. The van der Waals surface area contributed by atoms with E-state index in [4.69, 9.17) is 5.73 Å². The summed E-state index contributed by atoms with van der Waals surface area (Å²) in [4.78, 5) is 38.0. The summed E-state index contributed by atoms with van der Waals surface area (Å²) in [5.74, 6) is -1.05. The molecule has 2 heterocycles. The summed E-state index contributed by atoms with van der Waals surface area (Å²) in [7, 11) is 0. The number of halogens is 1. The molecular formula is C22H32FN5O4. The number of hydrogen-bond donors (Lipinski definition) is 4. The number of aliphatic hydroxyl groups excluding tert-OH is 1. The molecule has 1 aromatic carbocycles. The van der Waals surface area contributed by atoms with Gasteiger partial charge in [-0.05, 0) is 43.9 Å². The third kappa shape index (κ3) is 6.24. The van der Waals surface area contributed by atoms with Crippen molar-refractivity contribution in [2.24, 2.45) is 5.73 Å². The van der Waals surface area contributed by atoms with E-state index in [1.54, 1.807) is 12.1 Å². The molecule has 2 saturated heterocycles. The molecule has 3 rings (SSSR count). The number of aliphatic hydroxyl groups is 1. The quantitative estimate of drug-likeness (QED) is 0.295. The van der Waals surface area contributed by atoms with Gasteiger partial charge in [0.2, 0.25) is 11.8 Å². The van der Waals surface area contributed by atoms with Crippen LogP contribution in [0.3, 0.4) is 0 Å². The van der Waals surface area contributed by atoms with E-state index in [0.29, 0.717) is 63.2 Å². The largest absolute Gasteiger partial charge is 0.386 e. The highest BCUT2D eigenvalue weighted by Crippen LogP contribution is 2.28. The number of nitrogens with two attached hydrogens (primary N) is 1. The molecule has 176 valence electrons. The zero-order chi connectivity index (χ0) is 23.1. The molecule has 2 amide bonds. The number of nitrogens with one attached hydrogen (secondary N) is 2. The summed E-state index contributed by atoms with van der Waals surface area (Å²) >= 11 is 0. The number of nitrogens with zero attached hydrogens (tertiary/aromatic N) is 2. The molecule has 2 unspecified atom stereocenters. The zero-order valence-corrected chi connectivity index (χ0v) is 18.1. The van der Waals surface area contributed by atoms with Crippen molar-refractivity contribution in [3.63, 3.8) is 0 Å². The summed E-state index contributed by atoms with van der Waals surface area (Å²) in [6.45, 7) is 3.13. The molecule has 0 aliphatic carbocycles. The number of benzene rings is 1. The molecule has 5 N–H and O–H groups in total. The average molecular weight is 450 g/mol. The van der Waals surface area contributed by atoms with Crippen LogP contribution in [0.15, 0.2) is 18.2 Å². The van der Waals surface area contributed by atoms with Crippen molar-refractivity contribution in [2.75, 3.05) is 42.9 Å². The third-order valence-electron chi connectivity index (χ3n) is 6.13. The maximum Gasteiger partial charge on any atom is 0.249 e. The van der Waals surface area contributed by atoms with Crippen molar-refractivity contribution in [3.05, 3.63) is 24.0 Å². The van der Waals surface area contributed by atoms with Crippen LogP contribution in [0.2, 0.25) is 0 Å². The fraction of sp³-hybridized carbons (Fsp3) is 0.591. The Labute approximate surface area is 187 Å². The molecule has 0 aromatic heterocycles. The number of hydrogen-bond acceptors (Lipinski definition) is 8. The van der Waals surface area contributed by atoms with Crippen LogP contribution in [-0.2, 0) is 14.4 Å². The fourth-order valence-corrected chi connectivity index (χ4v) is 4.37. The van der Waals surface area contributed by atoms with Gasteiger partial charge in [0.15, 0.2) is 0 Å². The van der Waals surface area contributed by atoms with Crippen LogP contribution in [0.5, 0.6) is 0 Å². The molecule has 2 fully saturated rings. The Morgan fingerprint density at radius 2 is 2.03 bits per heavy atom. The van der Waals surface area contributed by atoms with Crippen molar-refractivity contribution < 1.29 is 23.9 Å². The number of carbonyl (C=O) groups excluding carboxylic acids is 3. The highest BCUT2D eigenvalue weighted by atomic mass is 19.1. The molecule has 32 heavy (non-hydrogen) atoms. The molecule has 10 heteroatoms. The molecule has 1 aromatic rings. The molecular weight excluding hydrogens is 417 g/mol. The molecule has 0 saturated carbocycles. The van der Waals surface area contributed by atoms with Crippen LogP contribution in [0, 0.1) is 5.82 Å². The van der Waals surface area contributed by atoms with Crippen molar-refractivity contribution in [2.45, 2.75) is 50.3 Å². The fourth-order valence-electron chi connectivity index (χ4n) is 4.37. The topological polar surface area (TPSA) is 128 Å². The lowest BCUT2D eigenvalue weighted by atomic mass is 10.0. The lowest BCUT2D eigenvalue weighted by Crippen LogP contribution is -2.47. The van der Waals surface area contributed by atoms with E-state index in [0.717, 1.165) is 12.8 Å². The lowest BCUT2D eigenvalue weighted by molar-refractivity contribution is -0.133.